The monoisotopic (exact) mass is 353 g/mol. The lowest BCUT2D eigenvalue weighted by Crippen LogP contribution is -2.60. The van der Waals surface area contributed by atoms with Gasteiger partial charge in [-0.3, -0.25) is 9.69 Å². The zero-order chi connectivity index (χ0) is 13.9. The van der Waals surface area contributed by atoms with Crippen LogP contribution in [0, 0.1) is 0 Å². The normalized spacial score (nSPS) is 30.5. The van der Waals surface area contributed by atoms with Gasteiger partial charge >= 0.3 is 0 Å². The summed E-state index contributed by atoms with van der Waals surface area (Å²) in [5.74, 6) is 0.225. The van der Waals surface area contributed by atoms with Crippen molar-refractivity contribution < 1.29 is 9.53 Å². The summed E-state index contributed by atoms with van der Waals surface area (Å²) in [7, 11) is 0. The number of carbonyl (C=O) groups excluding carboxylic acids is 1. The summed E-state index contributed by atoms with van der Waals surface area (Å²) in [5.41, 5.74) is 0. The zero-order valence-electron chi connectivity index (χ0n) is 13.3. The lowest BCUT2D eigenvalue weighted by Gasteiger charge is -2.40. The fourth-order valence-electron chi connectivity index (χ4n) is 3.78. The number of hydrogen-bond acceptors (Lipinski definition) is 4. The molecule has 3 fully saturated rings. The molecular weight excluding hydrogens is 325 g/mol. The maximum absolute atomic E-state index is 12.6. The molecule has 0 spiro atoms. The molecule has 130 valence electrons. The highest BCUT2D eigenvalue weighted by atomic mass is 35.5. The van der Waals surface area contributed by atoms with Crippen molar-refractivity contribution in [1.29, 1.82) is 0 Å². The van der Waals surface area contributed by atoms with Crippen molar-refractivity contribution in [2.24, 2.45) is 0 Å². The Morgan fingerprint density at radius 2 is 1.73 bits per heavy atom. The Morgan fingerprint density at radius 1 is 1.09 bits per heavy atom. The molecule has 0 bridgehead atoms. The molecule has 1 aliphatic carbocycles. The number of hydrogen-bond donors (Lipinski definition) is 1. The number of piperazine rings is 1. The van der Waals surface area contributed by atoms with Crippen LogP contribution < -0.4 is 5.32 Å². The van der Waals surface area contributed by atoms with Crippen LogP contribution in [0.3, 0.4) is 0 Å². The molecule has 2 aliphatic heterocycles. The molecule has 0 aromatic rings. The Morgan fingerprint density at radius 3 is 2.32 bits per heavy atom. The molecule has 1 saturated carbocycles. The highest BCUT2D eigenvalue weighted by molar-refractivity contribution is 5.85. The number of rotatable bonds is 2. The molecule has 2 heterocycles. The SMILES string of the molecule is C[C@H]1OCCN[C@@H]1C(=O)N1CCN(C2CCCC2)CC1.Cl.Cl. The fourth-order valence-corrected chi connectivity index (χ4v) is 3.78. The topological polar surface area (TPSA) is 44.8 Å². The molecule has 0 aromatic carbocycles. The predicted octanol–water partition coefficient (Wildman–Crippen LogP) is 1.29. The number of amides is 1. The molecule has 0 aromatic heterocycles. The Hall–Kier alpha value is -0.0700. The number of nitrogens with one attached hydrogen (secondary N) is 1. The van der Waals surface area contributed by atoms with Gasteiger partial charge in [0.15, 0.2) is 0 Å². The fraction of sp³-hybridized carbons (Fsp3) is 0.933. The number of ether oxygens (including phenoxy) is 1. The van der Waals surface area contributed by atoms with Crippen LogP contribution in [0.1, 0.15) is 32.6 Å². The minimum absolute atomic E-state index is 0. The first-order valence-corrected chi connectivity index (χ1v) is 8.13. The summed E-state index contributed by atoms with van der Waals surface area (Å²) >= 11 is 0. The smallest absolute Gasteiger partial charge is 0.242 e. The maximum Gasteiger partial charge on any atom is 0.242 e. The number of morpholine rings is 1. The summed E-state index contributed by atoms with van der Waals surface area (Å²) in [6.07, 6.45) is 5.45. The Kier molecular flexibility index (Phi) is 8.43. The highest BCUT2D eigenvalue weighted by Gasteiger charge is 2.34. The van der Waals surface area contributed by atoms with Crippen LogP contribution in [0.5, 0.6) is 0 Å². The van der Waals surface area contributed by atoms with Crippen LogP contribution >= 0.6 is 24.8 Å². The van der Waals surface area contributed by atoms with Gasteiger partial charge in [-0.25, -0.2) is 0 Å². The van der Waals surface area contributed by atoms with Crippen molar-refractivity contribution in [2.45, 2.75) is 50.8 Å². The van der Waals surface area contributed by atoms with Crippen molar-refractivity contribution in [3.05, 3.63) is 0 Å². The lowest BCUT2D eigenvalue weighted by molar-refractivity contribution is -0.141. The van der Waals surface area contributed by atoms with Crippen molar-refractivity contribution >= 4 is 30.7 Å². The molecule has 5 nitrogen and oxygen atoms in total. The lowest BCUT2D eigenvalue weighted by atomic mass is 10.1. The van der Waals surface area contributed by atoms with Gasteiger partial charge in [0.25, 0.3) is 0 Å². The van der Waals surface area contributed by atoms with Gasteiger partial charge in [0.05, 0.1) is 12.7 Å². The summed E-state index contributed by atoms with van der Waals surface area (Å²) < 4.78 is 5.58. The van der Waals surface area contributed by atoms with E-state index < -0.39 is 0 Å². The molecule has 3 aliphatic rings. The van der Waals surface area contributed by atoms with Crippen molar-refractivity contribution in [2.75, 3.05) is 39.3 Å². The summed E-state index contributed by atoms with van der Waals surface area (Å²) in [5, 5.41) is 3.30. The van der Waals surface area contributed by atoms with Gasteiger partial charge < -0.3 is 15.0 Å². The molecule has 7 heteroatoms. The minimum Gasteiger partial charge on any atom is -0.375 e. The van der Waals surface area contributed by atoms with Gasteiger partial charge in [0.2, 0.25) is 5.91 Å². The van der Waals surface area contributed by atoms with E-state index >= 15 is 0 Å². The molecule has 1 amide bonds. The zero-order valence-corrected chi connectivity index (χ0v) is 15.0. The van der Waals surface area contributed by atoms with E-state index in [1.807, 2.05) is 11.8 Å². The maximum atomic E-state index is 12.6. The number of nitrogens with zero attached hydrogens (tertiary/aromatic N) is 2. The van der Waals surface area contributed by atoms with E-state index in [0.29, 0.717) is 6.61 Å². The summed E-state index contributed by atoms with van der Waals surface area (Å²) in [6.45, 7) is 7.31. The first kappa shape index (κ1) is 20.0. The minimum atomic E-state index is -0.151. The second-order valence-corrected chi connectivity index (χ2v) is 6.31. The quantitative estimate of drug-likeness (QED) is 0.812. The predicted molar refractivity (Wildman–Crippen MR) is 92.1 cm³/mol. The molecule has 0 unspecified atom stereocenters. The molecular formula is C15H29Cl2N3O2. The van der Waals surface area contributed by atoms with Gasteiger partial charge in [-0.15, -0.1) is 24.8 Å². The van der Waals surface area contributed by atoms with Crippen LogP contribution in [-0.4, -0.2) is 73.2 Å². The van der Waals surface area contributed by atoms with Gasteiger partial charge in [-0.05, 0) is 19.8 Å². The first-order chi connectivity index (χ1) is 9.75. The standard InChI is InChI=1S/C15H27N3O2.2ClH/c1-12-14(16-6-11-20-12)15(19)18-9-7-17(8-10-18)13-4-2-3-5-13;;/h12-14,16H,2-11H2,1H3;2*1H/t12-,14+;;/m1../s1. The third-order valence-electron chi connectivity index (χ3n) is 5.05. The van der Waals surface area contributed by atoms with Gasteiger partial charge in [0, 0.05) is 38.8 Å². The van der Waals surface area contributed by atoms with Crippen LogP contribution in [0.15, 0.2) is 0 Å². The Labute approximate surface area is 145 Å². The molecule has 2 atom stereocenters. The van der Waals surface area contributed by atoms with Crippen LogP contribution in [0.25, 0.3) is 0 Å². The van der Waals surface area contributed by atoms with E-state index in [4.69, 9.17) is 4.74 Å². The average Bonchev–Trinajstić information content (AvgIpc) is 3.01. The Bertz CT molecular complexity index is 346. The molecule has 22 heavy (non-hydrogen) atoms. The molecule has 1 N–H and O–H groups in total. The number of carbonyl (C=O) groups is 1. The third-order valence-corrected chi connectivity index (χ3v) is 5.05. The average molecular weight is 354 g/mol. The van der Waals surface area contributed by atoms with Crippen LogP contribution in [0.4, 0.5) is 0 Å². The summed E-state index contributed by atoms with van der Waals surface area (Å²) in [4.78, 5) is 17.2. The van der Waals surface area contributed by atoms with Crippen LogP contribution in [-0.2, 0) is 9.53 Å². The van der Waals surface area contributed by atoms with E-state index in [0.717, 1.165) is 38.8 Å². The van der Waals surface area contributed by atoms with E-state index in [1.54, 1.807) is 0 Å². The van der Waals surface area contributed by atoms with Gasteiger partial charge in [-0.2, -0.15) is 0 Å². The molecule has 0 radical (unpaired) electrons. The van der Waals surface area contributed by atoms with Gasteiger partial charge in [0.1, 0.15) is 6.04 Å². The first-order valence-electron chi connectivity index (χ1n) is 8.13. The number of halogens is 2. The largest absolute Gasteiger partial charge is 0.375 e. The van der Waals surface area contributed by atoms with Crippen molar-refractivity contribution in [3.63, 3.8) is 0 Å². The van der Waals surface area contributed by atoms with Gasteiger partial charge in [-0.1, -0.05) is 12.8 Å². The van der Waals surface area contributed by atoms with Crippen molar-refractivity contribution in [1.82, 2.24) is 15.1 Å². The Balaban J connectivity index is 0.00000121. The van der Waals surface area contributed by atoms with E-state index in [-0.39, 0.29) is 42.9 Å². The van der Waals surface area contributed by atoms with E-state index in [9.17, 15) is 4.79 Å². The molecule has 3 rings (SSSR count). The second kappa shape index (κ2) is 9.28. The van der Waals surface area contributed by atoms with Crippen molar-refractivity contribution in [3.8, 4) is 0 Å². The molecule has 2 saturated heterocycles. The summed E-state index contributed by atoms with van der Waals surface area (Å²) in [6, 6.07) is 0.629. The van der Waals surface area contributed by atoms with Crippen LogP contribution in [0.2, 0.25) is 0 Å². The van der Waals surface area contributed by atoms with E-state index in [2.05, 4.69) is 10.2 Å². The highest BCUT2D eigenvalue weighted by Crippen LogP contribution is 2.24. The second-order valence-electron chi connectivity index (χ2n) is 6.31. The third kappa shape index (κ3) is 4.48. The van der Waals surface area contributed by atoms with E-state index in [1.165, 1.54) is 25.7 Å².